The Morgan fingerprint density at radius 2 is 1.79 bits per heavy atom. The van der Waals surface area contributed by atoms with Crippen molar-refractivity contribution >= 4 is 11.6 Å². The fourth-order valence-electron chi connectivity index (χ4n) is 2.22. The van der Waals surface area contributed by atoms with Crippen molar-refractivity contribution in [3.8, 4) is 17.2 Å². The first-order valence-corrected chi connectivity index (χ1v) is 7.78. The zero-order valence-corrected chi connectivity index (χ0v) is 14.5. The Balaban J connectivity index is 1.95. The van der Waals surface area contributed by atoms with Crippen LogP contribution in [0.5, 0.6) is 17.2 Å². The van der Waals surface area contributed by atoms with Gasteiger partial charge in [0, 0.05) is 11.8 Å². The number of ether oxygens (including phenoxy) is 3. The van der Waals surface area contributed by atoms with Gasteiger partial charge in [-0.3, -0.25) is 4.79 Å². The maximum absolute atomic E-state index is 12.1. The minimum atomic E-state index is -0.239. The number of anilines is 1. The number of nitrogens with one attached hydrogen (secondary N) is 1. The molecule has 0 bridgehead atoms. The maximum atomic E-state index is 12.1. The molecule has 2 aromatic rings. The molecule has 24 heavy (non-hydrogen) atoms. The van der Waals surface area contributed by atoms with Crippen LogP contribution in [0.15, 0.2) is 42.5 Å². The fourth-order valence-corrected chi connectivity index (χ4v) is 2.22. The number of rotatable bonds is 7. The number of methoxy groups -OCH3 is 2. The van der Waals surface area contributed by atoms with E-state index in [0.717, 1.165) is 0 Å². The molecule has 0 atom stereocenters. The second-order valence-corrected chi connectivity index (χ2v) is 5.63. The van der Waals surface area contributed by atoms with Gasteiger partial charge in [0.25, 0.3) is 5.91 Å². The number of carbonyl (C=O) groups is 1. The SMILES string of the molecule is COc1ccc(NC(=O)COc2cccc(C(C)C)c2)cc1OC. The Morgan fingerprint density at radius 3 is 2.46 bits per heavy atom. The van der Waals surface area contributed by atoms with E-state index in [-0.39, 0.29) is 12.5 Å². The Labute approximate surface area is 142 Å². The molecule has 0 aliphatic heterocycles. The monoisotopic (exact) mass is 329 g/mol. The third-order valence-electron chi connectivity index (χ3n) is 3.56. The summed E-state index contributed by atoms with van der Waals surface area (Å²) < 4.78 is 15.9. The van der Waals surface area contributed by atoms with E-state index in [0.29, 0.717) is 28.9 Å². The number of carbonyl (C=O) groups excluding carboxylic acids is 1. The summed E-state index contributed by atoms with van der Waals surface area (Å²) >= 11 is 0. The van der Waals surface area contributed by atoms with Crippen molar-refractivity contribution < 1.29 is 19.0 Å². The maximum Gasteiger partial charge on any atom is 0.262 e. The normalized spacial score (nSPS) is 10.4. The first-order valence-electron chi connectivity index (χ1n) is 7.78. The molecule has 0 fully saturated rings. The molecule has 5 nitrogen and oxygen atoms in total. The molecule has 0 radical (unpaired) electrons. The molecular formula is C19H23NO4. The lowest BCUT2D eigenvalue weighted by Crippen LogP contribution is -2.20. The van der Waals surface area contributed by atoms with Crippen LogP contribution in [-0.4, -0.2) is 26.7 Å². The Bertz CT molecular complexity index is 698. The second kappa shape index (κ2) is 8.24. The molecular weight excluding hydrogens is 306 g/mol. The number of hydrogen-bond acceptors (Lipinski definition) is 4. The standard InChI is InChI=1S/C19H23NO4/c1-13(2)14-6-5-7-16(10-14)24-12-19(21)20-15-8-9-17(22-3)18(11-15)23-4/h5-11,13H,12H2,1-4H3,(H,20,21). The van der Waals surface area contributed by atoms with E-state index in [1.54, 1.807) is 32.4 Å². The molecule has 1 N–H and O–H groups in total. The summed E-state index contributed by atoms with van der Waals surface area (Å²) in [4.78, 5) is 12.1. The van der Waals surface area contributed by atoms with Gasteiger partial charge in [-0.05, 0) is 35.7 Å². The van der Waals surface area contributed by atoms with Gasteiger partial charge < -0.3 is 19.5 Å². The highest BCUT2D eigenvalue weighted by atomic mass is 16.5. The van der Waals surface area contributed by atoms with Gasteiger partial charge in [-0.2, -0.15) is 0 Å². The van der Waals surface area contributed by atoms with Gasteiger partial charge in [-0.25, -0.2) is 0 Å². The molecule has 2 rings (SSSR count). The zero-order chi connectivity index (χ0) is 17.5. The molecule has 0 unspecified atom stereocenters. The van der Waals surface area contributed by atoms with Crippen LogP contribution in [0.1, 0.15) is 25.3 Å². The van der Waals surface area contributed by atoms with Crippen LogP contribution in [0.3, 0.4) is 0 Å². The van der Waals surface area contributed by atoms with Gasteiger partial charge >= 0.3 is 0 Å². The predicted molar refractivity (Wildman–Crippen MR) is 94.2 cm³/mol. The molecule has 0 aliphatic carbocycles. The van der Waals surface area contributed by atoms with Crippen molar-refractivity contribution in [3.63, 3.8) is 0 Å². The number of benzene rings is 2. The highest BCUT2D eigenvalue weighted by Gasteiger charge is 2.08. The molecule has 128 valence electrons. The molecule has 0 spiro atoms. The summed E-state index contributed by atoms with van der Waals surface area (Å²) in [5.74, 6) is 2.02. The predicted octanol–water partition coefficient (Wildman–Crippen LogP) is 3.84. The van der Waals surface area contributed by atoms with Crippen molar-refractivity contribution in [1.82, 2.24) is 0 Å². The first-order chi connectivity index (χ1) is 11.5. The van der Waals surface area contributed by atoms with Gasteiger partial charge in [0.05, 0.1) is 14.2 Å². The molecule has 0 saturated heterocycles. The minimum absolute atomic E-state index is 0.0596. The van der Waals surface area contributed by atoms with Crippen molar-refractivity contribution in [2.45, 2.75) is 19.8 Å². The van der Waals surface area contributed by atoms with Gasteiger partial charge in [0.2, 0.25) is 0 Å². The van der Waals surface area contributed by atoms with Crippen molar-refractivity contribution in [2.24, 2.45) is 0 Å². The van der Waals surface area contributed by atoms with Gasteiger partial charge in [0.1, 0.15) is 5.75 Å². The molecule has 0 heterocycles. The lowest BCUT2D eigenvalue weighted by molar-refractivity contribution is -0.118. The van der Waals surface area contributed by atoms with Crippen LogP contribution in [0.2, 0.25) is 0 Å². The van der Waals surface area contributed by atoms with Crippen LogP contribution in [0, 0.1) is 0 Å². The quantitative estimate of drug-likeness (QED) is 0.838. The third-order valence-corrected chi connectivity index (χ3v) is 3.56. The highest BCUT2D eigenvalue weighted by Crippen LogP contribution is 2.29. The fraction of sp³-hybridized carbons (Fsp3) is 0.316. The van der Waals surface area contributed by atoms with E-state index < -0.39 is 0 Å². The van der Waals surface area contributed by atoms with Crippen LogP contribution < -0.4 is 19.5 Å². The number of hydrogen-bond donors (Lipinski definition) is 1. The second-order valence-electron chi connectivity index (χ2n) is 5.63. The van der Waals surface area contributed by atoms with Crippen LogP contribution in [0.4, 0.5) is 5.69 Å². The summed E-state index contributed by atoms with van der Waals surface area (Å²) in [5, 5.41) is 2.78. The summed E-state index contributed by atoms with van der Waals surface area (Å²) in [5.41, 5.74) is 1.80. The topological polar surface area (TPSA) is 56.8 Å². The Hall–Kier alpha value is -2.69. The Morgan fingerprint density at radius 1 is 1.04 bits per heavy atom. The van der Waals surface area contributed by atoms with Crippen molar-refractivity contribution in [3.05, 3.63) is 48.0 Å². The first kappa shape index (κ1) is 17.7. The lowest BCUT2D eigenvalue weighted by atomic mass is 10.0. The van der Waals surface area contributed by atoms with Crippen LogP contribution in [-0.2, 0) is 4.79 Å². The van der Waals surface area contributed by atoms with E-state index >= 15 is 0 Å². The highest BCUT2D eigenvalue weighted by molar-refractivity contribution is 5.92. The third kappa shape index (κ3) is 4.65. The van der Waals surface area contributed by atoms with Crippen LogP contribution >= 0.6 is 0 Å². The summed E-state index contributed by atoms with van der Waals surface area (Å²) in [6.07, 6.45) is 0. The van der Waals surface area contributed by atoms with Crippen molar-refractivity contribution in [2.75, 3.05) is 26.1 Å². The molecule has 1 amide bonds. The van der Waals surface area contributed by atoms with E-state index in [1.807, 2.05) is 24.3 Å². The summed E-state index contributed by atoms with van der Waals surface area (Å²) in [7, 11) is 3.11. The minimum Gasteiger partial charge on any atom is -0.493 e. The smallest absolute Gasteiger partial charge is 0.262 e. The van der Waals surface area contributed by atoms with E-state index in [9.17, 15) is 4.79 Å². The van der Waals surface area contributed by atoms with Crippen LogP contribution in [0.25, 0.3) is 0 Å². The zero-order valence-electron chi connectivity index (χ0n) is 14.5. The lowest BCUT2D eigenvalue weighted by Gasteiger charge is -2.12. The molecule has 0 saturated carbocycles. The van der Waals surface area contributed by atoms with Gasteiger partial charge in [-0.1, -0.05) is 26.0 Å². The molecule has 2 aromatic carbocycles. The Kier molecular flexibility index (Phi) is 6.07. The van der Waals surface area contributed by atoms with E-state index in [2.05, 4.69) is 19.2 Å². The largest absolute Gasteiger partial charge is 0.493 e. The molecule has 5 heteroatoms. The number of amides is 1. The van der Waals surface area contributed by atoms with E-state index in [4.69, 9.17) is 14.2 Å². The van der Waals surface area contributed by atoms with Gasteiger partial charge in [0.15, 0.2) is 18.1 Å². The molecule has 0 aromatic heterocycles. The average molecular weight is 329 g/mol. The van der Waals surface area contributed by atoms with Gasteiger partial charge in [-0.15, -0.1) is 0 Å². The van der Waals surface area contributed by atoms with E-state index in [1.165, 1.54) is 5.56 Å². The molecule has 0 aliphatic rings. The average Bonchev–Trinajstić information content (AvgIpc) is 2.60. The van der Waals surface area contributed by atoms with Crippen molar-refractivity contribution in [1.29, 1.82) is 0 Å². The summed E-state index contributed by atoms with van der Waals surface area (Å²) in [6.45, 7) is 4.17. The summed E-state index contributed by atoms with van der Waals surface area (Å²) in [6, 6.07) is 13.0.